The van der Waals surface area contributed by atoms with E-state index < -0.39 is 0 Å². The van der Waals surface area contributed by atoms with Crippen molar-refractivity contribution in [1.82, 2.24) is 0 Å². The summed E-state index contributed by atoms with van der Waals surface area (Å²) in [5.74, 6) is 1.96. The summed E-state index contributed by atoms with van der Waals surface area (Å²) in [6.07, 6.45) is 4.09. The van der Waals surface area contributed by atoms with Crippen molar-refractivity contribution >= 4 is 7.12 Å². The van der Waals surface area contributed by atoms with Crippen LogP contribution >= 0.6 is 0 Å². The average molecular weight is 208 g/mol. The van der Waals surface area contributed by atoms with Crippen molar-refractivity contribution in [2.45, 2.75) is 52.7 Å². The maximum atomic E-state index is 5.82. The van der Waals surface area contributed by atoms with Crippen molar-refractivity contribution in [3.63, 3.8) is 0 Å². The standard InChI is InChI=1S/C12H21BO2/c1-7-10(2)8-9-13-14-11(3,4)12(5,6)15-13/h7-9H,1-6H3. The van der Waals surface area contributed by atoms with Crippen LogP contribution in [0.5, 0.6) is 0 Å². The average Bonchev–Trinajstić information content (AvgIpc) is 2.31. The molecule has 1 heterocycles. The van der Waals surface area contributed by atoms with Gasteiger partial charge in [0.2, 0.25) is 0 Å². The molecule has 15 heavy (non-hydrogen) atoms. The second-order valence-electron chi connectivity index (χ2n) is 5.02. The van der Waals surface area contributed by atoms with Crippen LogP contribution in [-0.2, 0) is 9.31 Å². The molecule has 0 atom stereocenters. The molecular formula is C12H21BO2. The lowest BCUT2D eigenvalue weighted by Crippen LogP contribution is -2.41. The van der Waals surface area contributed by atoms with Crippen molar-refractivity contribution in [3.8, 4) is 0 Å². The molecule has 0 aromatic rings. The van der Waals surface area contributed by atoms with Crippen LogP contribution in [0.2, 0.25) is 0 Å². The zero-order valence-electron chi connectivity index (χ0n) is 10.6. The number of allylic oxidation sites excluding steroid dienone is 3. The van der Waals surface area contributed by atoms with E-state index >= 15 is 0 Å². The third kappa shape index (κ3) is 2.73. The molecule has 1 saturated heterocycles. The largest absolute Gasteiger partial charge is 0.487 e. The Kier molecular flexibility index (Phi) is 3.46. The highest BCUT2D eigenvalue weighted by molar-refractivity contribution is 6.51. The molecule has 0 aliphatic carbocycles. The topological polar surface area (TPSA) is 18.5 Å². The van der Waals surface area contributed by atoms with Gasteiger partial charge in [-0.1, -0.05) is 23.7 Å². The fraction of sp³-hybridized carbons (Fsp3) is 0.667. The van der Waals surface area contributed by atoms with Gasteiger partial charge in [-0.3, -0.25) is 0 Å². The molecule has 0 radical (unpaired) electrons. The molecule has 2 nitrogen and oxygen atoms in total. The van der Waals surface area contributed by atoms with Crippen molar-refractivity contribution in [2.75, 3.05) is 0 Å². The Balaban J connectivity index is 2.68. The predicted octanol–water partition coefficient (Wildman–Crippen LogP) is 3.14. The summed E-state index contributed by atoms with van der Waals surface area (Å²) in [6, 6.07) is 0. The minimum absolute atomic E-state index is 0.232. The van der Waals surface area contributed by atoms with Crippen LogP contribution in [0.1, 0.15) is 41.5 Å². The predicted molar refractivity (Wildman–Crippen MR) is 64.7 cm³/mol. The summed E-state index contributed by atoms with van der Waals surface area (Å²) in [5.41, 5.74) is 0.724. The first kappa shape index (κ1) is 12.5. The molecule has 1 rings (SSSR count). The summed E-state index contributed by atoms with van der Waals surface area (Å²) >= 11 is 0. The highest BCUT2D eigenvalue weighted by Gasteiger charge is 2.49. The van der Waals surface area contributed by atoms with Crippen LogP contribution in [0.15, 0.2) is 23.7 Å². The monoisotopic (exact) mass is 208 g/mol. The first-order chi connectivity index (χ1) is 6.78. The maximum Gasteiger partial charge on any atom is 0.487 e. The fourth-order valence-corrected chi connectivity index (χ4v) is 1.29. The summed E-state index contributed by atoms with van der Waals surface area (Å²) in [7, 11) is -0.232. The van der Waals surface area contributed by atoms with Gasteiger partial charge < -0.3 is 9.31 Å². The summed E-state index contributed by atoms with van der Waals surface area (Å²) in [6.45, 7) is 12.3. The lowest BCUT2D eigenvalue weighted by atomic mass is 9.89. The maximum absolute atomic E-state index is 5.82. The molecule has 0 aromatic heterocycles. The van der Waals surface area contributed by atoms with Crippen molar-refractivity contribution in [3.05, 3.63) is 23.7 Å². The van der Waals surface area contributed by atoms with Crippen LogP contribution in [0.4, 0.5) is 0 Å². The Morgan fingerprint density at radius 2 is 1.53 bits per heavy atom. The van der Waals surface area contributed by atoms with E-state index in [1.54, 1.807) is 0 Å². The highest BCUT2D eigenvalue weighted by Crippen LogP contribution is 2.36. The van der Waals surface area contributed by atoms with Crippen LogP contribution in [0, 0.1) is 0 Å². The van der Waals surface area contributed by atoms with E-state index in [1.165, 1.54) is 5.57 Å². The van der Waals surface area contributed by atoms with Gasteiger partial charge >= 0.3 is 7.12 Å². The number of hydrogen-bond acceptors (Lipinski definition) is 2. The van der Waals surface area contributed by atoms with Crippen LogP contribution in [0.25, 0.3) is 0 Å². The first-order valence-corrected chi connectivity index (χ1v) is 5.45. The number of hydrogen-bond donors (Lipinski definition) is 0. The SMILES string of the molecule is CC=C(C)C=CB1OC(C)(C)C(C)(C)O1. The molecule has 84 valence electrons. The normalized spacial score (nSPS) is 25.2. The molecule has 3 heteroatoms. The summed E-state index contributed by atoms with van der Waals surface area (Å²) < 4.78 is 11.6. The Morgan fingerprint density at radius 1 is 1.07 bits per heavy atom. The lowest BCUT2D eigenvalue weighted by molar-refractivity contribution is 0.00578. The molecule has 0 saturated carbocycles. The van der Waals surface area contributed by atoms with E-state index in [2.05, 4.69) is 40.7 Å². The minimum atomic E-state index is -0.244. The van der Waals surface area contributed by atoms with Gasteiger partial charge in [0.15, 0.2) is 0 Å². The van der Waals surface area contributed by atoms with Gasteiger partial charge in [-0.05, 0) is 41.5 Å². The Labute approximate surface area is 93.5 Å². The van der Waals surface area contributed by atoms with Gasteiger partial charge in [-0.2, -0.15) is 0 Å². The smallest absolute Gasteiger partial charge is 0.400 e. The van der Waals surface area contributed by atoms with Crippen molar-refractivity contribution in [2.24, 2.45) is 0 Å². The van der Waals surface area contributed by atoms with E-state index in [0.717, 1.165) is 0 Å². The molecule has 1 fully saturated rings. The molecule has 1 aliphatic heterocycles. The summed E-state index contributed by atoms with van der Waals surface area (Å²) in [5, 5.41) is 0. The summed E-state index contributed by atoms with van der Waals surface area (Å²) in [4.78, 5) is 0. The van der Waals surface area contributed by atoms with E-state index in [0.29, 0.717) is 0 Å². The second-order valence-corrected chi connectivity index (χ2v) is 5.02. The second kappa shape index (κ2) is 4.15. The zero-order valence-corrected chi connectivity index (χ0v) is 10.6. The quantitative estimate of drug-likeness (QED) is 0.512. The Hall–Kier alpha value is -0.535. The van der Waals surface area contributed by atoms with E-state index in [4.69, 9.17) is 9.31 Å². The van der Waals surface area contributed by atoms with E-state index in [1.807, 2.05) is 19.0 Å². The van der Waals surface area contributed by atoms with E-state index in [-0.39, 0.29) is 18.3 Å². The zero-order chi connectivity index (χ0) is 11.7. The van der Waals surface area contributed by atoms with Crippen LogP contribution in [0.3, 0.4) is 0 Å². The minimum Gasteiger partial charge on any atom is -0.400 e. The van der Waals surface area contributed by atoms with Gasteiger partial charge in [-0.15, -0.1) is 0 Å². The Bertz CT molecular complexity index is 274. The molecule has 0 unspecified atom stereocenters. The molecule has 0 amide bonds. The third-order valence-corrected chi connectivity index (χ3v) is 3.24. The molecule has 1 aliphatic rings. The van der Waals surface area contributed by atoms with Crippen LogP contribution in [-0.4, -0.2) is 18.3 Å². The molecule has 0 bridgehead atoms. The fourth-order valence-electron chi connectivity index (χ4n) is 1.29. The molecular weight excluding hydrogens is 187 g/mol. The number of rotatable bonds is 2. The first-order valence-electron chi connectivity index (χ1n) is 5.45. The van der Waals surface area contributed by atoms with E-state index in [9.17, 15) is 0 Å². The third-order valence-electron chi connectivity index (χ3n) is 3.24. The molecule has 0 spiro atoms. The highest BCUT2D eigenvalue weighted by atomic mass is 16.7. The van der Waals surface area contributed by atoms with Gasteiger partial charge in [0, 0.05) is 0 Å². The lowest BCUT2D eigenvalue weighted by Gasteiger charge is -2.32. The van der Waals surface area contributed by atoms with Gasteiger partial charge in [0.05, 0.1) is 11.2 Å². The van der Waals surface area contributed by atoms with Crippen LogP contribution < -0.4 is 0 Å². The molecule has 0 aromatic carbocycles. The van der Waals surface area contributed by atoms with Gasteiger partial charge in [0.1, 0.15) is 0 Å². The van der Waals surface area contributed by atoms with Gasteiger partial charge in [-0.25, -0.2) is 0 Å². The Morgan fingerprint density at radius 3 is 1.93 bits per heavy atom. The van der Waals surface area contributed by atoms with Crippen molar-refractivity contribution < 1.29 is 9.31 Å². The molecule has 0 N–H and O–H groups in total. The van der Waals surface area contributed by atoms with Crippen molar-refractivity contribution in [1.29, 1.82) is 0 Å². The van der Waals surface area contributed by atoms with Gasteiger partial charge in [0.25, 0.3) is 0 Å².